The molecule has 0 bridgehead atoms. The van der Waals surface area contributed by atoms with Gasteiger partial charge in [0.25, 0.3) is 5.91 Å². The number of nitrogens with one attached hydrogen (secondary N) is 3. The van der Waals surface area contributed by atoms with E-state index in [1.807, 2.05) is 0 Å². The van der Waals surface area contributed by atoms with Crippen molar-refractivity contribution in [1.82, 2.24) is 10.6 Å². The van der Waals surface area contributed by atoms with Gasteiger partial charge in [0, 0.05) is 11.8 Å². The van der Waals surface area contributed by atoms with Gasteiger partial charge in [-0.05, 0) is 48.5 Å². The Hall–Kier alpha value is -4.47. The summed E-state index contributed by atoms with van der Waals surface area (Å²) in [5.41, 5.74) is 0.449. The van der Waals surface area contributed by atoms with Crippen LogP contribution in [0.2, 0.25) is 0 Å². The van der Waals surface area contributed by atoms with Crippen molar-refractivity contribution in [3.8, 4) is 23.0 Å². The van der Waals surface area contributed by atoms with E-state index in [4.69, 9.17) is 18.6 Å². The highest BCUT2D eigenvalue weighted by atomic mass is 16.5. The fraction of sp³-hybridized carbons (Fsp3) is 0.174. The molecule has 2 aromatic carbocycles. The van der Waals surface area contributed by atoms with Gasteiger partial charge in [0.15, 0.2) is 17.3 Å². The predicted molar refractivity (Wildman–Crippen MR) is 119 cm³/mol. The summed E-state index contributed by atoms with van der Waals surface area (Å²) in [6.07, 6.45) is 1.35. The zero-order chi connectivity index (χ0) is 23.6. The van der Waals surface area contributed by atoms with E-state index in [-0.39, 0.29) is 18.8 Å². The van der Waals surface area contributed by atoms with Crippen molar-refractivity contribution in [1.29, 1.82) is 0 Å². The van der Waals surface area contributed by atoms with Gasteiger partial charge in [-0.25, -0.2) is 0 Å². The number of rotatable bonds is 10. The van der Waals surface area contributed by atoms with E-state index in [0.717, 1.165) is 0 Å². The number of hydrogen-bond acceptors (Lipinski definition) is 7. The van der Waals surface area contributed by atoms with Crippen molar-refractivity contribution < 1.29 is 33.0 Å². The average Bonchev–Trinajstić information content (AvgIpc) is 3.37. The molecule has 0 aliphatic heterocycles. The molecule has 0 unspecified atom stereocenters. The smallest absolute Gasteiger partial charge is 0.287 e. The van der Waals surface area contributed by atoms with Gasteiger partial charge < -0.3 is 34.6 Å². The van der Waals surface area contributed by atoms with E-state index < -0.39 is 17.7 Å². The summed E-state index contributed by atoms with van der Waals surface area (Å²) in [5.74, 6) is 0.702. The Labute approximate surface area is 189 Å². The number of carbonyl (C=O) groups excluding carboxylic acids is 3. The maximum absolute atomic E-state index is 12.2. The second-order valence-electron chi connectivity index (χ2n) is 6.63. The molecule has 0 saturated carbocycles. The third kappa shape index (κ3) is 6.76. The van der Waals surface area contributed by atoms with E-state index in [0.29, 0.717) is 28.7 Å². The number of ether oxygens (including phenoxy) is 3. The monoisotopic (exact) mass is 453 g/mol. The molecule has 0 fully saturated rings. The molecule has 10 nitrogen and oxygen atoms in total. The SMILES string of the molecule is COc1ccc(Oc2cc(NC(=O)CNC(=O)CNC(=O)c3ccco3)ccc2OC)cc1. The lowest BCUT2D eigenvalue weighted by Crippen LogP contribution is -2.40. The van der Waals surface area contributed by atoms with Crippen LogP contribution in [0.25, 0.3) is 0 Å². The van der Waals surface area contributed by atoms with Crippen molar-refractivity contribution in [3.63, 3.8) is 0 Å². The first kappa shape index (κ1) is 23.2. The van der Waals surface area contributed by atoms with Gasteiger partial charge in [0.1, 0.15) is 11.5 Å². The fourth-order valence-electron chi connectivity index (χ4n) is 2.71. The van der Waals surface area contributed by atoms with Gasteiger partial charge in [-0.15, -0.1) is 0 Å². The molecule has 3 aromatic rings. The summed E-state index contributed by atoms with van der Waals surface area (Å²) in [7, 11) is 3.08. The number of furan rings is 1. The number of anilines is 1. The Morgan fingerprint density at radius 3 is 2.21 bits per heavy atom. The van der Waals surface area contributed by atoms with Gasteiger partial charge in [-0.2, -0.15) is 0 Å². The minimum absolute atomic E-state index is 0.0905. The van der Waals surface area contributed by atoms with Crippen LogP contribution in [-0.2, 0) is 9.59 Å². The fourth-order valence-corrected chi connectivity index (χ4v) is 2.71. The van der Waals surface area contributed by atoms with Crippen molar-refractivity contribution >= 4 is 23.4 Å². The van der Waals surface area contributed by atoms with E-state index in [2.05, 4.69) is 16.0 Å². The van der Waals surface area contributed by atoms with Crippen molar-refractivity contribution in [2.24, 2.45) is 0 Å². The molecule has 0 atom stereocenters. The minimum atomic E-state index is -0.526. The van der Waals surface area contributed by atoms with Gasteiger partial charge >= 0.3 is 0 Å². The van der Waals surface area contributed by atoms with Crippen LogP contribution in [0, 0.1) is 0 Å². The lowest BCUT2D eigenvalue weighted by atomic mass is 10.2. The second kappa shape index (κ2) is 11.2. The van der Waals surface area contributed by atoms with Crippen LogP contribution >= 0.6 is 0 Å². The van der Waals surface area contributed by atoms with Crippen LogP contribution in [0.4, 0.5) is 5.69 Å². The van der Waals surface area contributed by atoms with Crippen LogP contribution in [0.5, 0.6) is 23.0 Å². The van der Waals surface area contributed by atoms with Crippen LogP contribution in [-0.4, -0.2) is 45.0 Å². The van der Waals surface area contributed by atoms with E-state index in [1.165, 1.54) is 19.4 Å². The summed E-state index contributed by atoms with van der Waals surface area (Å²) in [5, 5.41) is 7.49. The Bertz CT molecular complexity index is 1100. The van der Waals surface area contributed by atoms with Gasteiger partial charge in [0.05, 0.1) is 33.6 Å². The van der Waals surface area contributed by atoms with Gasteiger partial charge in [-0.3, -0.25) is 14.4 Å². The quantitative estimate of drug-likeness (QED) is 0.430. The molecule has 10 heteroatoms. The van der Waals surface area contributed by atoms with E-state index in [1.54, 1.807) is 55.6 Å². The molecule has 0 aliphatic carbocycles. The second-order valence-corrected chi connectivity index (χ2v) is 6.63. The van der Waals surface area contributed by atoms with Crippen LogP contribution in [0.1, 0.15) is 10.6 Å². The maximum Gasteiger partial charge on any atom is 0.287 e. The van der Waals surface area contributed by atoms with Crippen molar-refractivity contribution in [3.05, 3.63) is 66.6 Å². The van der Waals surface area contributed by atoms with Crippen molar-refractivity contribution in [2.75, 3.05) is 32.6 Å². The van der Waals surface area contributed by atoms with Crippen LogP contribution < -0.4 is 30.2 Å². The normalized spacial score (nSPS) is 10.1. The number of carbonyl (C=O) groups is 3. The molecule has 0 saturated heterocycles. The summed E-state index contributed by atoms with van der Waals surface area (Å²) < 4.78 is 21.2. The highest BCUT2D eigenvalue weighted by molar-refractivity contribution is 5.97. The summed E-state index contributed by atoms with van der Waals surface area (Å²) in [4.78, 5) is 35.8. The maximum atomic E-state index is 12.2. The summed E-state index contributed by atoms with van der Waals surface area (Å²) in [6.45, 7) is -0.578. The van der Waals surface area contributed by atoms with Crippen molar-refractivity contribution in [2.45, 2.75) is 0 Å². The summed E-state index contributed by atoms with van der Waals surface area (Å²) in [6, 6.07) is 14.9. The molecular formula is C23H23N3O7. The lowest BCUT2D eigenvalue weighted by Gasteiger charge is -2.13. The largest absolute Gasteiger partial charge is 0.497 e. The molecule has 1 heterocycles. The van der Waals surface area contributed by atoms with Gasteiger partial charge in [-0.1, -0.05) is 0 Å². The Kier molecular flexibility index (Phi) is 7.90. The third-order valence-corrected chi connectivity index (χ3v) is 4.34. The molecular weight excluding hydrogens is 430 g/mol. The van der Waals surface area contributed by atoms with Gasteiger partial charge in [0.2, 0.25) is 11.8 Å². The Morgan fingerprint density at radius 1 is 0.818 bits per heavy atom. The molecule has 1 aromatic heterocycles. The number of hydrogen-bond donors (Lipinski definition) is 3. The highest BCUT2D eigenvalue weighted by Crippen LogP contribution is 2.34. The first-order valence-corrected chi connectivity index (χ1v) is 9.86. The zero-order valence-electron chi connectivity index (χ0n) is 18.0. The minimum Gasteiger partial charge on any atom is -0.497 e. The lowest BCUT2D eigenvalue weighted by molar-refractivity contribution is -0.123. The molecule has 3 rings (SSSR count). The Balaban J connectivity index is 1.51. The standard InChI is InChI=1S/C23H23N3O7/c1-30-16-6-8-17(9-7-16)33-20-12-15(5-10-18(20)31-2)26-22(28)14-24-21(27)13-25-23(29)19-4-3-11-32-19/h3-12H,13-14H2,1-2H3,(H,24,27)(H,25,29)(H,26,28). The highest BCUT2D eigenvalue weighted by Gasteiger charge is 2.13. The van der Waals surface area contributed by atoms with Crippen LogP contribution in [0.3, 0.4) is 0 Å². The predicted octanol–water partition coefficient (Wildman–Crippen LogP) is 2.57. The molecule has 33 heavy (non-hydrogen) atoms. The molecule has 172 valence electrons. The molecule has 3 amide bonds. The topological polar surface area (TPSA) is 128 Å². The number of benzene rings is 2. The van der Waals surface area contributed by atoms with E-state index >= 15 is 0 Å². The van der Waals surface area contributed by atoms with E-state index in [9.17, 15) is 14.4 Å². The molecule has 3 N–H and O–H groups in total. The van der Waals surface area contributed by atoms with Crippen LogP contribution in [0.15, 0.2) is 65.3 Å². The number of amides is 3. The average molecular weight is 453 g/mol. The first-order chi connectivity index (χ1) is 16.0. The Morgan fingerprint density at radius 2 is 1.55 bits per heavy atom. The summed E-state index contributed by atoms with van der Waals surface area (Å²) >= 11 is 0. The molecule has 0 radical (unpaired) electrons. The molecule has 0 aliphatic rings. The number of methoxy groups -OCH3 is 2. The zero-order valence-corrected chi connectivity index (χ0v) is 18.0. The first-order valence-electron chi connectivity index (χ1n) is 9.86. The molecule has 0 spiro atoms. The third-order valence-electron chi connectivity index (χ3n) is 4.34.